The molecule has 0 aliphatic carbocycles. The average Bonchev–Trinajstić information content (AvgIpc) is 3.09. The van der Waals surface area contributed by atoms with Crippen molar-refractivity contribution in [2.24, 2.45) is 0 Å². The van der Waals surface area contributed by atoms with E-state index < -0.39 is 16.1 Å². The Balaban J connectivity index is 1.52. The lowest BCUT2D eigenvalue weighted by atomic mass is 10.2. The molecule has 1 heterocycles. The first-order valence-corrected chi connectivity index (χ1v) is 9.54. The fourth-order valence-electron chi connectivity index (χ4n) is 2.72. The first-order chi connectivity index (χ1) is 12.0. The molecule has 6 nitrogen and oxygen atoms in total. The van der Waals surface area contributed by atoms with Crippen LogP contribution in [-0.4, -0.2) is 33.0 Å². The van der Waals surface area contributed by atoms with Gasteiger partial charge in [-0.1, -0.05) is 48.5 Å². The summed E-state index contributed by atoms with van der Waals surface area (Å²) in [5.74, 6) is -0.370. The molecule has 7 heteroatoms. The van der Waals surface area contributed by atoms with Crippen LogP contribution < -0.4 is 10.0 Å². The van der Waals surface area contributed by atoms with Gasteiger partial charge < -0.3 is 10.1 Å². The van der Waals surface area contributed by atoms with Crippen LogP contribution in [0.5, 0.6) is 0 Å². The summed E-state index contributed by atoms with van der Waals surface area (Å²) in [7, 11) is -3.59. The number of carbonyl (C=O) groups excluding carboxylic acids is 1. The quantitative estimate of drug-likeness (QED) is 0.762. The topological polar surface area (TPSA) is 84.5 Å². The molecule has 0 saturated carbocycles. The number of ether oxygens (including phenoxy) is 1. The second-order valence-electron chi connectivity index (χ2n) is 5.92. The van der Waals surface area contributed by atoms with Crippen molar-refractivity contribution in [1.29, 1.82) is 0 Å². The third-order valence-electron chi connectivity index (χ3n) is 4.01. The largest absolute Gasteiger partial charge is 0.460 e. The monoisotopic (exact) mass is 360 g/mol. The van der Waals surface area contributed by atoms with Gasteiger partial charge in [0, 0.05) is 12.6 Å². The molecule has 1 saturated heterocycles. The number of nitrogens with one attached hydrogen (secondary N) is 2. The van der Waals surface area contributed by atoms with Crippen molar-refractivity contribution in [2.45, 2.75) is 30.0 Å². The van der Waals surface area contributed by atoms with Crippen molar-refractivity contribution in [1.82, 2.24) is 10.0 Å². The Kier molecular flexibility index (Phi) is 5.47. The van der Waals surface area contributed by atoms with E-state index in [-0.39, 0.29) is 23.5 Å². The Morgan fingerprint density at radius 2 is 1.72 bits per heavy atom. The minimum Gasteiger partial charge on any atom is -0.460 e. The first kappa shape index (κ1) is 17.6. The van der Waals surface area contributed by atoms with Gasteiger partial charge in [0.15, 0.2) is 0 Å². The van der Waals surface area contributed by atoms with Gasteiger partial charge in [-0.3, -0.25) is 4.79 Å². The van der Waals surface area contributed by atoms with Crippen molar-refractivity contribution in [3.63, 3.8) is 0 Å². The van der Waals surface area contributed by atoms with Crippen LogP contribution in [-0.2, 0) is 26.2 Å². The summed E-state index contributed by atoms with van der Waals surface area (Å²) in [6.45, 7) is 0.593. The predicted octanol–water partition coefficient (Wildman–Crippen LogP) is 1.44. The lowest BCUT2D eigenvalue weighted by molar-refractivity contribution is -0.147. The molecule has 0 aromatic heterocycles. The molecular weight excluding hydrogens is 340 g/mol. The fraction of sp³-hybridized carbons (Fsp3) is 0.278. The molecule has 2 unspecified atom stereocenters. The number of hydrogen-bond acceptors (Lipinski definition) is 5. The molecule has 3 rings (SSSR count). The molecule has 0 spiro atoms. The molecule has 25 heavy (non-hydrogen) atoms. The van der Waals surface area contributed by atoms with E-state index in [9.17, 15) is 13.2 Å². The molecule has 2 atom stereocenters. The van der Waals surface area contributed by atoms with Crippen LogP contribution in [0.15, 0.2) is 65.6 Å². The second kappa shape index (κ2) is 7.77. The zero-order valence-electron chi connectivity index (χ0n) is 13.6. The Hall–Kier alpha value is -2.22. The zero-order chi connectivity index (χ0) is 17.7. The summed E-state index contributed by atoms with van der Waals surface area (Å²) in [6, 6.07) is 16.7. The van der Waals surface area contributed by atoms with Crippen molar-refractivity contribution in [2.75, 3.05) is 6.54 Å². The third kappa shape index (κ3) is 4.66. The average molecular weight is 360 g/mol. The Morgan fingerprint density at radius 3 is 2.40 bits per heavy atom. The number of sulfonamides is 1. The first-order valence-electron chi connectivity index (χ1n) is 8.06. The van der Waals surface area contributed by atoms with E-state index in [0.29, 0.717) is 13.0 Å². The number of esters is 1. The fourth-order valence-corrected chi connectivity index (χ4v) is 3.99. The zero-order valence-corrected chi connectivity index (χ0v) is 14.4. The van der Waals surface area contributed by atoms with Gasteiger partial charge in [0.1, 0.15) is 12.6 Å². The van der Waals surface area contributed by atoms with Crippen LogP contribution in [0.3, 0.4) is 0 Å². The molecule has 2 aromatic rings. The van der Waals surface area contributed by atoms with Crippen LogP contribution >= 0.6 is 0 Å². The van der Waals surface area contributed by atoms with Crippen molar-refractivity contribution >= 4 is 16.0 Å². The highest BCUT2D eigenvalue weighted by Crippen LogP contribution is 2.14. The van der Waals surface area contributed by atoms with Crippen LogP contribution in [0.2, 0.25) is 0 Å². The van der Waals surface area contributed by atoms with Gasteiger partial charge in [-0.25, -0.2) is 13.1 Å². The summed E-state index contributed by atoms with van der Waals surface area (Å²) in [5, 5.41) is 3.02. The molecule has 132 valence electrons. The van der Waals surface area contributed by atoms with Gasteiger partial charge in [0.05, 0.1) is 4.90 Å². The van der Waals surface area contributed by atoms with E-state index >= 15 is 0 Å². The molecule has 0 radical (unpaired) electrons. The molecule has 1 aliphatic heterocycles. The summed E-state index contributed by atoms with van der Waals surface area (Å²) in [5.41, 5.74) is 0.912. The SMILES string of the molecule is O=C(OCc1ccccc1)C1CC(NS(=O)(=O)c2ccccc2)CN1. The minimum atomic E-state index is -3.59. The normalized spacial score (nSPS) is 20.3. The Bertz CT molecular complexity index is 809. The van der Waals surface area contributed by atoms with Crippen molar-refractivity contribution in [3.8, 4) is 0 Å². The highest BCUT2D eigenvalue weighted by atomic mass is 32.2. The van der Waals surface area contributed by atoms with Crippen LogP contribution in [0.4, 0.5) is 0 Å². The molecule has 2 aromatic carbocycles. The highest BCUT2D eigenvalue weighted by Gasteiger charge is 2.33. The summed E-state index contributed by atoms with van der Waals surface area (Å²) in [4.78, 5) is 12.4. The number of carbonyl (C=O) groups is 1. The summed E-state index contributed by atoms with van der Waals surface area (Å²) in [6.07, 6.45) is 0.361. The van der Waals surface area contributed by atoms with Gasteiger partial charge in [0.25, 0.3) is 0 Å². The van der Waals surface area contributed by atoms with Crippen LogP contribution in [0.1, 0.15) is 12.0 Å². The maximum Gasteiger partial charge on any atom is 0.323 e. The molecule has 2 N–H and O–H groups in total. The lowest BCUT2D eigenvalue weighted by Crippen LogP contribution is -2.36. The number of benzene rings is 2. The lowest BCUT2D eigenvalue weighted by Gasteiger charge is -2.13. The minimum absolute atomic E-state index is 0.207. The van der Waals surface area contributed by atoms with E-state index in [1.165, 1.54) is 12.1 Å². The predicted molar refractivity (Wildman–Crippen MR) is 93.2 cm³/mol. The van der Waals surface area contributed by atoms with E-state index in [1.807, 2.05) is 30.3 Å². The van der Waals surface area contributed by atoms with Gasteiger partial charge in [-0.05, 0) is 24.1 Å². The smallest absolute Gasteiger partial charge is 0.323 e. The van der Waals surface area contributed by atoms with Gasteiger partial charge in [0.2, 0.25) is 10.0 Å². The summed E-state index contributed by atoms with van der Waals surface area (Å²) >= 11 is 0. The van der Waals surface area contributed by atoms with E-state index in [0.717, 1.165) is 5.56 Å². The van der Waals surface area contributed by atoms with E-state index in [2.05, 4.69) is 10.0 Å². The van der Waals surface area contributed by atoms with Crippen LogP contribution in [0.25, 0.3) is 0 Å². The molecule has 1 fully saturated rings. The van der Waals surface area contributed by atoms with Crippen LogP contribution in [0, 0.1) is 0 Å². The third-order valence-corrected chi connectivity index (χ3v) is 5.55. The summed E-state index contributed by atoms with van der Waals surface area (Å²) < 4.78 is 32.6. The van der Waals surface area contributed by atoms with Crippen molar-refractivity contribution in [3.05, 3.63) is 66.2 Å². The molecule has 1 aliphatic rings. The number of rotatable bonds is 6. The van der Waals surface area contributed by atoms with Gasteiger partial charge >= 0.3 is 5.97 Å². The van der Waals surface area contributed by atoms with Gasteiger partial charge in [-0.15, -0.1) is 0 Å². The van der Waals surface area contributed by atoms with E-state index in [1.54, 1.807) is 18.2 Å². The van der Waals surface area contributed by atoms with E-state index in [4.69, 9.17) is 4.74 Å². The van der Waals surface area contributed by atoms with Gasteiger partial charge in [-0.2, -0.15) is 0 Å². The maximum atomic E-state index is 12.3. The maximum absolute atomic E-state index is 12.3. The molecule has 0 amide bonds. The Morgan fingerprint density at radius 1 is 1.08 bits per heavy atom. The molecular formula is C18H20N2O4S. The van der Waals surface area contributed by atoms with Crippen molar-refractivity contribution < 1.29 is 17.9 Å². The standard InChI is InChI=1S/C18H20N2O4S/c21-18(24-13-14-7-3-1-4-8-14)17-11-15(12-19-17)20-25(22,23)16-9-5-2-6-10-16/h1-10,15,17,19-20H,11-13H2. The Labute approximate surface area is 147 Å². The highest BCUT2D eigenvalue weighted by molar-refractivity contribution is 7.89. The number of hydrogen-bond donors (Lipinski definition) is 2. The second-order valence-corrected chi connectivity index (χ2v) is 7.64. The molecule has 0 bridgehead atoms.